The molecule has 0 aliphatic heterocycles. The Morgan fingerprint density at radius 2 is 1.59 bits per heavy atom. The van der Waals surface area contributed by atoms with E-state index in [0.29, 0.717) is 5.69 Å². The van der Waals surface area contributed by atoms with Crippen molar-refractivity contribution in [2.24, 2.45) is 0 Å². The number of para-hydroxylation sites is 2. The minimum absolute atomic E-state index is 0.240. The molecule has 7 heteroatoms. The number of likely N-dealkylation sites (N-methyl/N-ethyl adjacent to an activating group) is 1. The van der Waals surface area contributed by atoms with Crippen molar-refractivity contribution >= 4 is 34.3 Å². The van der Waals surface area contributed by atoms with Crippen LogP contribution in [0.2, 0.25) is 0 Å². The highest BCUT2D eigenvalue weighted by atomic mass is 16.2. The standard InChI is InChI=1S/C27H26N4O3/c1-18(27(34)31(2)24-15-9-7-13-21(24)19-10-4-3-5-11-19)29-25(32)17-28-26(33)23-16-20-12-6-8-14-22(20)30-23/h3-16,18,30H,17H2,1-2H3,(H,28,33)(H,29,32). The number of rotatable bonds is 7. The van der Waals surface area contributed by atoms with Crippen molar-refractivity contribution in [1.82, 2.24) is 15.6 Å². The summed E-state index contributed by atoms with van der Waals surface area (Å²) in [7, 11) is 1.68. The molecule has 0 saturated carbocycles. The number of benzene rings is 3. The quantitative estimate of drug-likeness (QED) is 0.397. The van der Waals surface area contributed by atoms with Crippen LogP contribution in [0.5, 0.6) is 0 Å². The molecule has 34 heavy (non-hydrogen) atoms. The minimum atomic E-state index is -0.772. The van der Waals surface area contributed by atoms with Gasteiger partial charge in [-0.2, -0.15) is 0 Å². The topological polar surface area (TPSA) is 94.3 Å². The molecule has 1 heterocycles. The Kier molecular flexibility index (Phi) is 6.73. The van der Waals surface area contributed by atoms with E-state index in [-0.39, 0.29) is 18.4 Å². The number of nitrogens with zero attached hydrogens (tertiary/aromatic N) is 1. The summed E-state index contributed by atoms with van der Waals surface area (Å²) in [5.41, 5.74) is 3.87. The predicted octanol–water partition coefficient (Wildman–Crippen LogP) is 3.73. The second kappa shape index (κ2) is 10.0. The molecule has 0 fully saturated rings. The molecule has 0 aliphatic carbocycles. The Hall–Kier alpha value is -4.39. The number of carbonyl (C=O) groups excluding carboxylic acids is 3. The van der Waals surface area contributed by atoms with Crippen molar-refractivity contribution in [2.75, 3.05) is 18.5 Å². The molecule has 4 rings (SSSR count). The van der Waals surface area contributed by atoms with E-state index in [4.69, 9.17) is 0 Å². The second-order valence-electron chi connectivity index (χ2n) is 8.02. The molecule has 1 unspecified atom stereocenters. The first-order valence-corrected chi connectivity index (χ1v) is 11.0. The smallest absolute Gasteiger partial charge is 0.268 e. The van der Waals surface area contributed by atoms with Crippen LogP contribution in [0.25, 0.3) is 22.0 Å². The lowest BCUT2D eigenvalue weighted by atomic mass is 10.0. The van der Waals surface area contributed by atoms with E-state index in [1.54, 1.807) is 20.0 Å². The molecule has 4 aromatic rings. The number of nitrogens with one attached hydrogen (secondary N) is 3. The molecule has 1 aromatic heterocycles. The summed E-state index contributed by atoms with van der Waals surface area (Å²) in [6.07, 6.45) is 0. The Morgan fingerprint density at radius 1 is 0.912 bits per heavy atom. The highest BCUT2D eigenvalue weighted by molar-refractivity contribution is 6.02. The second-order valence-corrected chi connectivity index (χ2v) is 8.02. The third kappa shape index (κ3) is 4.99. The van der Waals surface area contributed by atoms with E-state index in [0.717, 1.165) is 27.7 Å². The number of fused-ring (bicyclic) bond motifs is 1. The molecule has 7 nitrogen and oxygen atoms in total. The average Bonchev–Trinajstić information content (AvgIpc) is 3.31. The Bertz CT molecular complexity index is 1300. The Balaban J connectivity index is 1.36. The molecule has 3 N–H and O–H groups in total. The number of hydrogen-bond donors (Lipinski definition) is 3. The largest absolute Gasteiger partial charge is 0.351 e. The van der Waals surface area contributed by atoms with Crippen molar-refractivity contribution in [3.05, 3.63) is 90.6 Å². The van der Waals surface area contributed by atoms with Gasteiger partial charge in [-0.05, 0) is 30.7 Å². The SMILES string of the molecule is CC(NC(=O)CNC(=O)c1cc2ccccc2[nH]1)C(=O)N(C)c1ccccc1-c1ccccc1. The van der Waals surface area contributed by atoms with Gasteiger partial charge in [0, 0.05) is 23.5 Å². The summed E-state index contributed by atoms with van der Waals surface area (Å²) in [6, 6.07) is 25.9. The lowest BCUT2D eigenvalue weighted by molar-refractivity contribution is -0.126. The van der Waals surface area contributed by atoms with Gasteiger partial charge in [-0.3, -0.25) is 14.4 Å². The maximum atomic E-state index is 13.0. The van der Waals surface area contributed by atoms with Crippen molar-refractivity contribution in [1.29, 1.82) is 0 Å². The molecule has 0 bridgehead atoms. The molecule has 1 atom stereocenters. The monoisotopic (exact) mass is 454 g/mol. The third-order valence-electron chi connectivity index (χ3n) is 5.61. The zero-order valence-corrected chi connectivity index (χ0v) is 19.0. The number of aromatic nitrogens is 1. The summed E-state index contributed by atoms with van der Waals surface area (Å²) in [4.78, 5) is 42.4. The normalized spacial score (nSPS) is 11.6. The van der Waals surface area contributed by atoms with Crippen LogP contribution in [0.1, 0.15) is 17.4 Å². The number of H-pyrrole nitrogens is 1. The molecular weight excluding hydrogens is 428 g/mol. The maximum Gasteiger partial charge on any atom is 0.268 e. The van der Waals surface area contributed by atoms with Crippen LogP contribution in [0.15, 0.2) is 84.9 Å². The Morgan fingerprint density at radius 3 is 2.35 bits per heavy atom. The minimum Gasteiger partial charge on any atom is -0.351 e. The van der Waals surface area contributed by atoms with E-state index in [1.165, 1.54) is 4.90 Å². The van der Waals surface area contributed by atoms with Gasteiger partial charge >= 0.3 is 0 Å². The zero-order valence-electron chi connectivity index (χ0n) is 19.0. The molecule has 3 amide bonds. The van der Waals surface area contributed by atoms with Gasteiger partial charge in [-0.15, -0.1) is 0 Å². The first-order valence-electron chi connectivity index (χ1n) is 11.0. The molecule has 0 spiro atoms. The van der Waals surface area contributed by atoms with Gasteiger partial charge in [0.2, 0.25) is 11.8 Å². The summed E-state index contributed by atoms with van der Waals surface area (Å²) >= 11 is 0. The fraction of sp³-hybridized carbons (Fsp3) is 0.148. The van der Waals surface area contributed by atoms with Crippen molar-refractivity contribution < 1.29 is 14.4 Å². The molecule has 0 aliphatic rings. The third-order valence-corrected chi connectivity index (χ3v) is 5.61. The molecule has 0 saturated heterocycles. The lowest BCUT2D eigenvalue weighted by Gasteiger charge is -2.24. The number of amides is 3. The van der Waals surface area contributed by atoms with Crippen LogP contribution in [-0.2, 0) is 9.59 Å². The van der Waals surface area contributed by atoms with Crippen LogP contribution in [0, 0.1) is 0 Å². The van der Waals surface area contributed by atoms with Gasteiger partial charge in [0.05, 0.1) is 12.2 Å². The number of carbonyl (C=O) groups is 3. The van der Waals surface area contributed by atoms with Gasteiger partial charge in [0.15, 0.2) is 0 Å². The van der Waals surface area contributed by atoms with E-state index < -0.39 is 11.9 Å². The first kappa shape index (κ1) is 22.8. The van der Waals surface area contributed by atoms with Crippen LogP contribution >= 0.6 is 0 Å². The highest BCUT2D eigenvalue weighted by Crippen LogP contribution is 2.30. The maximum absolute atomic E-state index is 13.0. The molecule has 0 radical (unpaired) electrons. The van der Waals surface area contributed by atoms with Crippen LogP contribution in [0.3, 0.4) is 0 Å². The van der Waals surface area contributed by atoms with E-state index in [1.807, 2.05) is 78.9 Å². The van der Waals surface area contributed by atoms with Crippen LogP contribution in [-0.4, -0.2) is 42.3 Å². The van der Waals surface area contributed by atoms with Gasteiger partial charge in [-0.1, -0.05) is 66.7 Å². The Labute approximate surface area is 197 Å². The summed E-state index contributed by atoms with van der Waals surface area (Å²) in [5, 5.41) is 6.17. The predicted molar refractivity (Wildman–Crippen MR) is 134 cm³/mol. The molecular formula is C27H26N4O3. The van der Waals surface area contributed by atoms with E-state index >= 15 is 0 Å². The van der Waals surface area contributed by atoms with Crippen LogP contribution in [0.4, 0.5) is 5.69 Å². The van der Waals surface area contributed by atoms with Gasteiger partial charge < -0.3 is 20.5 Å². The fourth-order valence-electron chi connectivity index (χ4n) is 3.84. The molecule has 3 aromatic carbocycles. The van der Waals surface area contributed by atoms with Crippen LogP contribution < -0.4 is 15.5 Å². The van der Waals surface area contributed by atoms with Crippen molar-refractivity contribution in [3.8, 4) is 11.1 Å². The molecule has 172 valence electrons. The first-order chi connectivity index (χ1) is 16.4. The van der Waals surface area contributed by atoms with Gasteiger partial charge in [0.25, 0.3) is 5.91 Å². The summed E-state index contributed by atoms with van der Waals surface area (Å²) < 4.78 is 0. The number of hydrogen-bond acceptors (Lipinski definition) is 3. The number of aromatic amines is 1. The van der Waals surface area contributed by atoms with Crippen molar-refractivity contribution in [3.63, 3.8) is 0 Å². The van der Waals surface area contributed by atoms with Gasteiger partial charge in [-0.25, -0.2) is 0 Å². The number of anilines is 1. The summed E-state index contributed by atoms with van der Waals surface area (Å²) in [5.74, 6) is -1.10. The average molecular weight is 455 g/mol. The fourth-order valence-corrected chi connectivity index (χ4v) is 3.84. The highest BCUT2D eigenvalue weighted by Gasteiger charge is 2.22. The van der Waals surface area contributed by atoms with Gasteiger partial charge in [0.1, 0.15) is 11.7 Å². The zero-order chi connectivity index (χ0) is 24.1. The summed E-state index contributed by atoms with van der Waals surface area (Å²) in [6.45, 7) is 1.39. The van der Waals surface area contributed by atoms with E-state index in [2.05, 4.69) is 15.6 Å². The van der Waals surface area contributed by atoms with E-state index in [9.17, 15) is 14.4 Å². The van der Waals surface area contributed by atoms with Crippen molar-refractivity contribution in [2.45, 2.75) is 13.0 Å². The lowest BCUT2D eigenvalue weighted by Crippen LogP contribution is -2.48.